The highest BCUT2D eigenvalue weighted by Crippen LogP contribution is 2.36. The molecule has 20 heavy (non-hydrogen) atoms. The van der Waals surface area contributed by atoms with Gasteiger partial charge < -0.3 is 10.0 Å². The molecule has 1 aliphatic heterocycles. The molecule has 112 valence electrons. The number of hydrogen-bond acceptors (Lipinski definition) is 4. The molecule has 1 aromatic rings. The summed E-state index contributed by atoms with van der Waals surface area (Å²) in [6.07, 6.45) is -3.20. The number of alkyl halides is 3. The number of thiazole rings is 1. The fourth-order valence-electron chi connectivity index (χ4n) is 2.30. The Bertz CT molecular complexity index is 501. The standard InChI is InChI=1S/C12H15F3N2O2S/c1-2-8-9(10(18)19)20-11(16-8)17-5-3-4-7(6-17)12(13,14)15/h7H,2-6H2,1H3,(H,18,19). The summed E-state index contributed by atoms with van der Waals surface area (Å²) in [5.41, 5.74) is 0.437. The summed E-state index contributed by atoms with van der Waals surface area (Å²) in [7, 11) is 0. The van der Waals surface area contributed by atoms with Crippen LogP contribution in [0.25, 0.3) is 0 Å². The topological polar surface area (TPSA) is 53.4 Å². The molecule has 1 unspecified atom stereocenters. The highest BCUT2D eigenvalue weighted by atomic mass is 32.1. The third kappa shape index (κ3) is 3.05. The van der Waals surface area contributed by atoms with Gasteiger partial charge in [0.2, 0.25) is 0 Å². The van der Waals surface area contributed by atoms with Gasteiger partial charge in [-0.2, -0.15) is 13.2 Å². The quantitative estimate of drug-likeness (QED) is 0.932. The predicted molar refractivity (Wildman–Crippen MR) is 69.4 cm³/mol. The van der Waals surface area contributed by atoms with Gasteiger partial charge in [0, 0.05) is 13.1 Å². The number of halogens is 3. The number of nitrogens with zero attached hydrogens (tertiary/aromatic N) is 2. The lowest BCUT2D eigenvalue weighted by molar-refractivity contribution is -0.175. The third-order valence-electron chi connectivity index (χ3n) is 3.37. The lowest BCUT2D eigenvalue weighted by Crippen LogP contribution is -2.41. The van der Waals surface area contributed by atoms with Gasteiger partial charge in [0.1, 0.15) is 4.88 Å². The summed E-state index contributed by atoms with van der Waals surface area (Å²) < 4.78 is 38.3. The fraction of sp³-hybridized carbons (Fsp3) is 0.667. The molecule has 2 heterocycles. The van der Waals surface area contributed by atoms with Gasteiger partial charge in [-0.1, -0.05) is 18.3 Å². The average Bonchev–Trinajstić information content (AvgIpc) is 2.82. The number of aromatic carboxylic acids is 1. The van der Waals surface area contributed by atoms with E-state index in [2.05, 4.69) is 4.98 Å². The van der Waals surface area contributed by atoms with E-state index in [0.717, 1.165) is 11.3 Å². The van der Waals surface area contributed by atoms with Gasteiger partial charge in [-0.3, -0.25) is 0 Å². The lowest BCUT2D eigenvalue weighted by Gasteiger charge is -2.33. The van der Waals surface area contributed by atoms with Gasteiger partial charge in [0.25, 0.3) is 0 Å². The van der Waals surface area contributed by atoms with E-state index in [1.165, 1.54) is 0 Å². The molecule has 8 heteroatoms. The van der Waals surface area contributed by atoms with Gasteiger partial charge in [-0.05, 0) is 19.3 Å². The van der Waals surface area contributed by atoms with E-state index in [-0.39, 0.29) is 17.8 Å². The van der Waals surface area contributed by atoms with E-state index >= 15 is 0 Å². The molecule has 0 spiro atoms. The monoisotopic (exact) mass is 308 g/mol. The molecule has 1 aliphatic rings. The first-order valence-corrected chi connectivity index (χ1v) is 7.19. The Balaban J connectivity index is 2.21. The summed E-state index contributed by atoms with van der Waals surface area (Å²) in [5, 5.41) is 9.44. The Labute approximate surface area is 118 Å². The van der Waals surface area contributed by atoms with Crippen LogP contribution in [0.15, 0.2) is 0 Å². The van der Waals surface area contributed by atoms with Crippen LogP contribution in [-0.4, -0.2) is 35.3 Å². The number of anilines is 1. The number of carboxylic acid groups (broad SMARTS) is 1. The van der Waals surface area contributed by atoms with E-state index < -0.39 is 18.1 Å². The van der Waals surface area contributed by atoms with Crippen molar-refractivity contribution in [2.24, 2.45) is 5.92 Å². The molecule has 0 amide bonds. The van der Waals surface area contributed by atoms with Crippen LogP contribution in [0.2, 0.25) is 0 Å². The largest absolute Gasteiger partial charge is 0.477 e. The number of carbonyl (C=O) groups is 1. The van der Waals surface area contributed by atoms with E-state index in [1.54, 1.807) is 11.8 Å². The van der Waals surface area contributed by atoms with Crippen molar-refractivity contribution in [2.45, 2.75) is 32.4 Å². The zero-order valence-electron chi connectivity index (χ0n) is 10.9. The van der Waals surface area contributed by atoms with Crippen molar-refractivity contribution in [3.8, 4) is 0 Å². The number of aryl methyl sites for hydroxylation is 1. The van der Waals surface area contributed by atoms with Crippen molar-refractivity contribution in [2.75, 3.05) is 18.0 Å². The molecular weight excluding hydrogens is 293 g/mol. The summed E-state index contributed by atoms with van der Waals surface area (Å²) in [5.74, 6) is -2.44. The minimum Gasteiger partial charge on any atom is -0.477 e. The third-order valence-corrected chi connectivity index (χ3v) is 4.52. The predicted octanol–water partition coefficient (Wildman–Crippen LogP) is 3.18. The van der Waals surface area contributed by atoms with Gasteiger partial charge >= 0.3 is 12.1 Å². The second-order valence-corrected chi connectivity index (χ2v) is 5.74. The van der Waals surface area contributed by atoms with E-state index in [4.69, 9.17) is 5.11 Å². The zero-order chi connectivity index (χ0) is 14.9. The van der Waals surface area contributed by atoms with Crippen molar-refractivity contribution in [3.05, 3.63) is 10.6 Å². The van der Waals surface area contributed by atoms with Gasteiger partial charge in [0.15, 0.2) is 5.13 Å². The molecule has 1 fully saturated rings. The molecule has 1 N–H and O–H groups in total. The Kier molecular flexibility index (Phi) is 4.22. The SMILES string of the molecule is CCc1nc(N2CCCC(C(F)(F)F)C2)sc1C(=O)O. The summed E-state index contributed by atoms with van der Waals surface area (Å²) in [6, 6.07) is 0. The molecule has 0 aliphatic carbocycles. The molecule has 0 bridgehead atoms. The molecule has 0 radical (unpaired) electrons. The Hall–Kier alpha value is -1.31. The maximum absolute atomic E-state index is 12.8. The molecule has 1 atom stereocenters. The van der Waals surface area contributed by atoms with Crippen molar-refractivity contribution in [1.82, 2.24) is 4.98 Å². The Morgan fingerprint density at radius 1 is 1.55 bits per heavy atom. The molecule has 2 rings (SSSR count). The van der Waals surface area contributed by atoms with E-state index in [0.29, 0.717) is 30.2 Å². The number of piperidine rings is 1. The fourth-order valence-corrected chi connectivity index (χ4v) is 3.33. The number of rotatable bonds is 3. The highest BCUT2D eigenvalue weighted by molar-refractivity contribution is 7.17. The first-order chi connectivity index (χ1) is 9.32. The maximum atomic E-state index is 12.8. The first-order valence-electron chi connectivity index (χ1n) is 6.37. The summed E-state index contributed by atoms with van der Waals surface area (Å²) >= 11 is 0.959. The smallest absolute Gasteiger partial charge is 0.393 e. The number of carboxylic acids is 1. The van der Waals surface area contributed by atoms with Crippen LogP contribution in [0.3, 0.4) is 0 Å². The zero-order valence-corrected chi connectivity index (χ0v) is 11.7. The highest BCUT2D eigenvalue weighted by Gasteiger charge is 2.42. The molecule has 0 aromatic carbocycles. The average molecular weight is 308 g/mol. The summed E-state index contributed by atoms with van der Waals surface area (Å²) in [4.78, 5) is 16.9. The maximum Gasteiger partial charge on any atom is 0.393 e. The van der Waals surface area contributed by atoms with Crippen LogP contribution in [-0.2, 0) is 6.42 Å². The lowest BCUT2D eigenvalue weighted by atomic mass is 9.98. The Morgan fingerprint density at radius 3 is 2.75 bits per heavy atom. The molecular formula is C12H15F3N2O2S. The normalized spacial score (nSPS) is 20.2. The van der Waals surface area contributed by atoms with E-state index in [9.17, 15) is 18.0 Å². The molecule has 1 aromatic heterocycles. The van der Waals surface area contributed by atoms with E-state index in [1.807, 2.05) is 0 Å². The molecule has 4 nitrogen and oxygen atoms in total. The summed E-state index contributed by atoms with van der Waals surface area (Å²) in [6.45, 7) is 2.13. The second-order valence-electron chi connectivity index (χ2n) is 4.76. The van der Waals surface area contributed by atoms with Crippen LogP contribution in [0.4, 0.5) is 18.3 Å². The second kappa shape index (κ2) is 5.59. The van der Waals surface area contributed by atoms with Crippen LogP contribution in [0.5, 0.6) is 0 Å². The first kappa shape index (κ1) is 15.1. The van der Waals surface area contributed by atoms with Crippen LogP contribution in [0, 0.1) is 5.92 Å². The number of aromatic nitrogens is 1. The molecule has 1 saturated heterocycles. The number of hydrogen-bond donors (Lipinski definition) is 1. The minimum atomic E-state index is -4.21. The van der Waals surface area contributed by atoms with Crippen molar-refractivity contribution in [3.63, 3.8) is 0 Å². The Morgan fingerprint density at radius 2 is 2.25 bits per heavy atom. The molecule has 0 saturated carbocycles. The van der Waals surface area contributed by atoms with Crippen molar-refractivity contribution >= 4 is 22.4 Å². The van der Waals surface area contributed by atoms with Crippen LogP contribution in [0.1, 0.15) is 35.1 Å². The van der Waals surface area contributed by atoms with Crippen molar-refractivity contribution < 1.29 is 23.1 Å². The van der Waals surface area contributed by atoms with Crippen LogP contribution < -0.4 is 4.90 Å². The minimum absolute atomic E-state index is 0.122. The van der Waals surface area contributed by atoms with Gasteiger partial charge in [0.05, 0.1) is 11.6 Å². The van der Waals surface area contributed by atoms with Gasteiger partial charge in [-0.15, -0.1) is 0 Å². The van der Waals surface area contributed by atoms with Gasteiger partial charge in [-0.25, -0.2) is 9.78 Å². The van der Waals surface area contributed by atoms with Crippen molar-refractivity contribution in [1.29, 1.82) is 0 Å². The van der Waals surface area contributed by atoms with Crippen LogP contribution >= 0.6 is 11.3 Å².